The summed E-state index contributed by atoms with van der Waals surface area (Å²) in [5, 5.41) is 3.70. The van der Waals surface area contributed by atoms with Crippen molar-refractivity contribution in [2.75, 3.05) is 5.32 Å². The van der Waals surface area contributed by atoms with Crippen LogP contribution in [0.5, 0.6) is 0 Å². The number of carbonyl (C=O) groups is 1. The van der Waals surface area contributed by atoms with Crippen molar-refractivity contribution >= 4 is 22.4 Å². The number of hydrogen-bond donors (Lipinski definition) is 1. The maximum atomic E-state index is 12.3. The van der Waals surface area contributed by atoms with Crippen molar-refractivity contribution in [2.45, 2.75) is 45.4 Å². The Morgan fingerprint density at radius 1 is 1.24 bits per heavy atom. The first-order chi connectivity index (χ1) is 10.1. The Balaban J connectivity index is 1.77. The van der Waals surface area contributed by atoms with Gasteiger partial charge < -0.3 is 4.57 Å². The average Bonchev–Trinajstić information content (AvgIpc) is 2.95. The molecule has 0 unspecified atom stereocenters. The van der Waals surface area contributed by atoms with Crippen molar-refractivity contribution in [3.63, 3.8) is 0 Å². The highest BCUT2D eigenvalue weighted by Gasteiger charge is 2.17. The molecule has 4 nitrogen and oxygen atoms in total. The number of aromatic nitrogens is 2. The first-order valence-electron chi connectivity index (χ1n) is 7.57. The standard InChI is InChI=1S/C16H21N3OS/c1-11-9-10-13(19(11)2)15(20)18-16-17-12-7-5-3-4-6-8-14(12)21-16/h9-10H,3-8H2,1-2H3,(H,17,18,20). The minimum atomic E-state index is -0.0766. The Labute approximate surface area is 129 Å². The van der Waals surface area contributed by atoms with Gasteiger partial charge in [0.05, 0.1) is 5.69 Å². The van der Waals surface area contributed by atoms with E-state index in [0.717, 1.165) is 23.7 Å². The van der Waals surface area contributed by atoms with Crippen LogP contribution in [0.25, 0.3) is 0 Å². The van der Waals surface area contributed by atoms with Gasteiger partial charge in [-0.3, -0.25) is 10.1 Å². The summed E-state index contributed by atoms with van der Waals surface area (Å²) in [6.45, 7) is 1.99. The van der Waals surface area contributed by atoms with E-state index in [1.807, 2.05) is 30.7 Å². The average molecular weight is 303 g/mol. The van der Waals surface area contributed by atoms with Crippen molar-refractivity contribution in [1.82, 2.24) is 9.55 Å². The number of aryl methyl sites for hydroxylation is 3. The van der Waals surface area contributed by atoms with Crippen LogP contribution in [0.4, 0.5) is 5.13 Å². The molecule has 0 fully saturated rings. The van der Waals surface area contributed by atoms with Crippen LogP contribution in [-0.2, 0) is 19.9 Å². The van der Waals surface area contributed by atoms with E-state index in [-0.39, 0.29) is 5.91 Å². The summed E-state index contributed by atoms with van der Waals surface area (Å²) in [5.41, 5.74) is 2.94. The molecular formula is C16H21N3OS. The Bertz CT molecular complexity index is 631. The van der Waals surface area contributed by atoms with E-state index >= 15 is 0 Å². The van der Waals surface area contributed by atoms with E-state index in [1.165, 1.54) is 36.3 Å². The first-order valence-corrected chi connectivity index (χ1v) is 8.39. The zero-order valence-corrected chi connectivity index (χ0v) is 13.4. The lowest BCUT2D eigenvalue weighted by molar-refractivity contribution is 0.101. The number of fused-ring (bicyclic) bond motifs is 1. The summed E-state index contributed by atoms with van der Waals surface area (Å²) in [4.78, 5) is 18.3. The van der Waals surface area contributed by atoms with Crippen LogP contribution >= 0.6 is 11.3 Å². The molecule has 1 N–H and O–H groups in total. The Morgan fingerprint density at radius 2 is 2.00 bits per heavy atom. The van der Waals surface area contributed by atoms with Gasteiger partial charge in [0.2, 0.25) is 0 Å². The molecule has 2 heterocycles. The summed E-state index contributed by atoms with van der Waals surface area (Å²) >= 11 is 1.64. The smallest absolute Gasteiger partial charge is 0.274 e. The van der Waals surface area contributed by atoms with Crippen LogP contribution in [0.3, 0.4) is 0 Å². The highest BCUT2D eigenvalue weighted by Crippen LogP contribution is 2.28. The van der Waals surface area contributed by atoms with E-state index in [4.69, 9.17) is 0 Å². The van der Waals surface area contributed by atoms with Crippen molar-refractivity contribution < 1.29 is 4.79 Å². The maximum absolute atomic E-state index is 12.3. The SMILES string of the molecule is Cc1ccc(C(=O)Nc2nc3c(s2)CCCCCC3)n1C. The number of amides is 1. The van der Waals surface area contributed by atoms with E-state index < -0.39 is 0 Å². The predicted molar refractivity (Wildman–Crippen MR) is 86.1 cm³/mol. The van der Waals surface area contributed by atoms with Crippen LogP contribution in [0, 0.1) is 6.92 Å². The highest BCUT2D eigenvalue weighted by molar-refractivity contribution is 7.15. The molecule has 0 atom stereocenters. The second-order valence-corrected chi connectivity index (χ2v) is 6.76. The van der Waals surface area contributed by atoms with Crippen LogP contribution in [0.1, 0.15) is 52.4 Å². The first kappa shape index (κ1) is 14.3. The molecule has 0 saturated carbocycles. The zero-order valence-electron chi connectivity index (χ0n) is 12.6. The Kier molecular flexibility index (Phi) is 4.10. The number of rotatable bonds is 2. The van der Waals surface area contributed by atoms with Gasteiger partial charge in [-0.2, -0.15) is 0 Å². The molecule has 21 heavy (non-hydrogen) atoms. The summed E-state index contributed by atoms with van der Waals surface area (Å²) in [6, 6.07) is 3.81. The molecule has 0 aliphatic heterocycles. The van der Waals surface area contributed by atoms with Gasteiger partial charge in [-0.1, -0.05) is 12.8 Å². The molecule has 2 aromatic rings. The van der Waals surface area contributed by atoms with E-state index in [2.05, 4.69) is 10.3 Å². The van der Waals surface area contributed by atoms with E-state index in [0.29, 0.717) is 5.69 Å². The fourth-order valence-electron chi connectivity index (χ4n) is 2.76. The molecule has 3 rings (SSSR count). The number of anilines is 1. The van der Waals surface area contributed by atoms with Gasteiger partial charge in [0, 0.05) is 17.6 Å². The van der Waals surface area contributed by atoms with Gasteiger partial charge in [-0.25, -0.2) is 4.98 Å². The van der Waals surface area contributed by atoms with Gasteiger partial charge >= 0.3 is 0 Å². The van der Waals surface area contributed by atoms with Gasteiger partial charge in [0.1, 0.15) is 5.69 Å². The summed E-state index contributed by atoms with van der Waals surface area (Å²) < 4.78 is 1.90. The molecule has 1 aliphatic rings. The third-order valence-corrected chi connectivity index (χ3v) is 5.24. The number of nitrogens with one attached hydrogen (secondary N) is 1. The van der Waals surface area contributed by atoms with Crippen LogP contribution in [-0.4, -0.2) is 15.5 Å². The largest absolute Gasteiger partial charge is 0.344 e. The van der Waals surface area contributed by atoms with Gasteiger partial charge in [0.15, 0.2) is 5.13 Å². The number of carbonyl (C=O) groups excluding carboxylic acids is 1. The summed E-state index contributed by atoms with van der Waals surface area (Å²) in [7, 11) is 1.91. The van der Waals surface area contributed by atoms with Crippen LogP contribution in [0.15, 0.2) is 12.1 Å². The van der Waals surface area contributed by atoms with E-state index in [9.17, 15) is 4.79 Å². The molecule has 1 aliphatic carbocycles. The second-order valence-electron chi connectivity index (χ2n) is 5.68. The fourth-order valence-corrected chi connectivity index (χ4v) is 3.81. The topological polar surface area (TPSA) is 46.9 Å². The highest BCUT2D eigenvalue weighted by atomic mass is 32.1. The van der Waals surface area contributed by atoms with E-state index in [1.54, 1.807) is 11.3 Å². The monoisotopic (exact) mass is 303 g/mol. The molecular weight excluding hydrogens is 282 g/mol. The fraction of sp³-hybridized carbons (Fsp3) is 0.500. The molecule has 0 aromatic carbocycles. The normalized spacial score (nSPS) is 15.1. The molecule has 5 heteroatoms. The van der Waals surface area contributed by atoms with Crippen LogP contribution in [0.2, 0.25) is 0 Å². The zero-order chi connectivity index (χ0) is 14.8. The lowest BCUT2D eigenvalue weighted by Gasteiger charge is -2.06. The number of thiazole rings is 1. The predicted octanol–water partition coefficient (Wildman–Crippen LogP) is 3.70. The summed E-state index contributed by atoms with van der Waals surface area (Å²) in [6.07, 6.45) is 7.20. The molecule has 0 spiro atoms. The van der Waals surface area contributed by atoms with Crippen molar-refractivity contribution in [3.8, 4) is 0 Å². The molecule has 2 aromatic heterocycles. The molecule has 0 bridgehead atoms. The minimum Gasteiger partial charge on any atom is -0.344 e. The lowest BCUT2D eigenvalue weighted by Crippen LogP contribution is -2.15. The molecule has 0 saturated heterocycles. The lowest BCUT2D eigenvalue weighted by atomic mass is 10.0. The van der Waals surface area contributed by atoms with Gasteiger partial charge in [-0.05, 0) is 44.7 Å². The molecule has 112 valence electrons. The number of hydrogen-bond acceptors (Lipinski definition) is 3. The quantitative estimate of drug-likeness (QED) is 0.919. The molecule has 0 radical (unpaired) electrons. The van der Waals surface area contributed by atoms with Crippen molar-refractivity contribution in [3.05, 3.63) is 34.1 Å². The van der Waals surface area contributed by atoms with Crippen molar-refractivity contribution in [2.24, 2.45) is 7.05 Å². The third kappa shape index (κ3) is 3.02. The van der Waals surface area contributed by atoms with Gasteiger partial charge in [0.25, 0.3) is 5.91 Å². The minimum absolute atomic E-state index is 0.0766. The second kappa shape index (κ2) is 6.02. The van der Waals surface area contributed by atoms with Crippen LogP contribution < -0.4 is 5.32 Å². The molecule has 1 amide bonds. The Morgan fingerprint density at radius 3 is 2.71 bits per heavy atom. The maximum Gasteiger partial charge on any atom is 0.274 e. The Hall–Kier alpha value is -1.62. The van der Waals surface area contributed by atoms with Crippen molar-refractivity contribution in [1.29, 1.82) is 0 Å². The third-order valence-electron chi connectivity index (χ3n) is 4.17. The van der Waals surface area contributed by atoms with Gasteiger partial charge in [-0.15, -0.1) is 11.3 Å². The number of nitrogens with zero attached hydrogens (tertiary/aromatic N) is 2. The summed E-state index contributed by atoms with van der Waals surface area (Å²) in [5.74, 6) is -0.0766.